The van der Waals surface area contributed by atoms with E-state index in [9.17, 15) is 14.3 Å². The molecule has 0 radical (unpaired) electrons. The minimum atomic E-state index is -4.28. The molecule has 306 valence electrons. The van der Waals surface area contributed by atoms with Crippen molar-refractivity contribution < 1.29 is 32.8 Å². The van der Waals surface area contributed by atoms with Crippen molar-refractivity contribution in [3.63, 3.8) is 0 Å². The van der Waals surface area contributed by atoms with E-state index in [1.807, 2.05) is 0 Å². The molecule has 0 aliphatic carbocycles. The van der Waals surface area contributed by atoms with Gasteiger partial charge in [0, 0.05) is 19.6 Å². The Morgan fingerprint density at radius 1 is 0.596 bits per heavy atom. The Bertz CT molecular complexity index is 895. The van der Waals surface area contributed by atoms with Crippen LogP contribution in [0.3, 0.4) is 0 Å². The summed E-state index contributed by atoms with van der Waals surface area (Å²) in [6, 6.07) is 0. The summed E-state index contributed by atoms with van der Waals surface area (Å²) in [4.78, 5) is 22.4. The first-order valence-corrected chi connectivity index (χ1v) is 23.0. The van der Waals surface area contributed by atoms with Gasteiger partial charge >= 0.3 is 13.8 Å². The normalized spacial score (nSPS) is 13.8. The minimum absolute atomic E-state index is 0.0959. The first-order valence-electron chi connectivity index (χ1n) is 21.5. The summed E-state index contributed by atoms with van der Waals surface area (Å²) in [5.41, 5.74) is 5.36. The van der Waals surface area contributed by atoms with Crippen LogP contribution in [0.15, 0.2) is 36.5 Å². The van der Waals surface area contributed by atoms with E-state index >= 15 is 0 Å². The van der Waals surface area contributed by atoms with Crippen LogP contribution < -0.4 is 5.73 Å². The lowest BCUT2D eigenvalue weighted by Gasteiger charge is -2.20. The van der Waals surface area contributed by atoms with Crippen molar-refractivity contribution in [1.82, 2.24) is 0 Å². The minimum Gasteiger partial charge on any atom is -0.457 e. The van der Waals surface area contributed by atoms with Crippen molar-refractivity contribution >= 4 is 13.8 Å². The van der Waals surface area contributed by atoms with Crippen LogP contribution in [0, 0.1) is 0 Å². The van der Waals surface area contributed by atoms with Gasteiger partial charge in [-0.25, -0.2) is 4.57 Å². The molecule has 0 aromatic carbocycles. The Morgan fingerprint density at radius 2 is 1.08 bits per heavy atom. The molecule has 0 amide bonds. The number of ether oxygens (including phenoxy) is 2. The molecule has 8 nitrogen and oxygen atoms in total. The third-order valence-corrected chi connectivity index (χ3v) is 10.1. The van der Waals surface area contributed by atoms with Gasteiger partial charge in [-0.15, -0.1) is 0 Å². The third-order valence-electron chi connectivity index (χ3n) is 9.07. The van der Waals surface area contributed by atoms with Crippen molar-refractivity contribution in [2.45, 2.75) is 200 Å². The summed E-state index contributed by atoms with van der Waals surface area (Å²) in [6.07, 6.45) is 46.0. The smallest absolute Gasteiger partial charge is 0.457 e. The van der Waals surface area contributed by atoms with Gasteiger partial charge in [0.05, 0.1) is 19.8 Å². The van der Waals surface area contributed by atoms with Crippen molar-refractivity contribution in [2.24, 2.45) is 5.73 Å². The number of carbonyl (C=O) groups excluding carboxylic acids is 1. The maximum atomic E-state index is 12.5. The van der Waals surface area contributed by atoms with Crippen molar-refractivity contribution in [3.8, 4) is 0 Å². The molecule has 9 heteroatoms. The first kappa shape index (κ1) is 50.7. The Morgan fingerprint density at radius 3 is 1.60 bits per heavy atom. The fourth-order valence-corrected chi connectivity index (χ4v) is 6.72. The van der Waals surface area contributed by atoms with Gasteiger partial charge in [0.15, 0.2) is 0 Å². The van der Waals surface area contributed by atoms with E-state index < -0.39 is 13.9 Å². The maximum absolute atomic E-state index is 12.5. The lowest BCUT2D eigenvalue weighted by atomic mass is 10.0. The van der Waals surface area contributed by atoms with E-state index in [1.54, 1.807) is 0 Å². The van der Waals surface area contributed by atoms with Crippen molar-refractivity contribution in [2.75, 3.05) is 33.0 Å². The van der Waals surface area contributed by atoms with Crippen LogP contribution in [0.5, 0.6) is 0 Å². The molecular formula is C43H82NO7P. The molecule has 0 rings (SSSR count). The number of hydrogen-bond donors (Lipinski definition) is 2. The van der Waals surface area contributed by atoms with Gasteiger partial charge in [0.1, 0.15) is 6.10 Å². The van der Waals surface area contributed by atoms with Crippen molar-refractivity contribution in [3.05, 3.63) is 36.5 Å². The van der Waals surface area contributed by atoms with Crippen LogP contribution in [0.25, 0.3) is 0 Å². The van der Waals surface area contributed by atoms with Gasteiger partial charge in [-0.1, -0.05) is 179 Å². The van der Waals surface area contributed by atoms with E-state index in [1.165, 1.54) is 116 Å². The molecule has 0 aliphatic rings. The second kappa shape index (κ2) is 40.9. The molecule has 0 aliphatic heterocycles. The SMILES string of the molecule is CC/C=C\C/C=C\C/C=C\CCCCCC(=O)OC(COCCCCCCCCCCCCCCCCCCCCCC)COP(=O)(O)OCCN. The van der Waals surface area contributed by atoms with E-state index in [2.05, 4.69) is 50.3 Å². The monoisotopic (exact) mass is 756 g/mol. The maximum Gasteiger partial charge on any atom is 0.472 e. The van der Waals surface area contributed by atoms with Crippen LogP contribution in [0.2, 0.25) is 0 Å². The zero-order chi connectivity index (χ0) is 38.1. The lowest BCUT2D eigenvalue weighted by molar-refractivity contribution is -0.154. The Hall–Kier alpha value is -1.28. The average Bonchev–Trinajstić information content (AvgIpc) is 3.13. The molecule has 2 unspecified atom stereocenters. The predicted molar refractivity (Wildman–Crippen MR) is 220 cm³/mol. The molecule has 0 bridgehead atoms. The van der Waals surface area contributed by atoms with Crippen LogP contribution in [-0.2, 0) is 27.9 Å². The highest BCUT2D eigenvalue weighted by atomic mass is 31.2. The number of phosphoric acid groups is 1. The quantitative estimate of drug-likeness (QED) is 0.0274. The molecule has 0 spiro atoms. The van der Waals surface area contributed by atoms with Gasteiger partial charge in [-0.2, -0.15) is 0 Å². The number of phosphoric ester groups is 1. The van der Waals surface area contributed by atoms with Gasteiger partial charge in [-0.05, 0) is 44.9 Å². The second-order valence-corrected chi connectivity index (χ2v) is 15.6. The molecule has 52 heavy (non-hydrogen) atoms. The molecule has 0 saturated carbocycles. The summed E-state index contributed by atoms with van der Waals surface area (Å²) in [7, 11) is -4.28. The highest BCUT2D eigenvalue weighted by Crippen LogP contribution is 2.43. The van der Waals surface area contributed by atoms with Gasteiger partial charge in [0.2, 0.25) is 0 Å². The zero-order valence-electron chi connectivity index (χ0n) is 33.8. The summed E-state index contributed by atoms with van der Waals surface area (Å²) >= 11 is 0. The van der Waals surface area contributed by atoms with Crippen LogP contribution in [0.4, 0.5) is 0 Å². The van der Waals surface area contributed by atoms with E-state index in [0.717, 1.165) is 57.8 Å². The van der Waals surface area contributed by atoms with Crippen molar-refractivity contribution in [1.29, 1.82) is 0 Å². The highest BCUT2D eigenvalue weighted by Gasteiger charge is 2.25. The average molecular weight is 756 g/mol. The molecule has 0 aromatic heterocycles. The van der Waals surface area contributed by atoms with E-state index in [-0.39, 0.29) is 38.8 Å². The summed E-state index contributed by atoms with van der Waals surface area (Å²) in [6.45, 7) is 4.79. The van der Waals surface area contributed by atoms with Crippen LogP contribution in [-0.4, -0.2) is 49.9 Å². The van der Waals surface area contributed by atoms with E-state index in [4.69, 9.17) is 24.3 Å². The van der Waals surface area contributed by atoms with E-state index in [0.29, 0.717) is 6.61 Å². The molecule has 0 saturated heterocycles. The van der Waals surface area contributed by atoms with Crippen LogP contribution >= 0.6 is 7.82 Å². The Labute approximate surface area is 320 Å². The summed E-state index contributed by atoms with van der Waals surface area (Å²) in [5, 5.41) is 0. The molecule has 2 atom stereocenters. The summed E-state index contributed by atoms with van der Waals surface area (Å²) in [5.74, 6) is -0.357. The van der Waals surface area contributed by atoms with Gasteiger partial charge in [0.25, 0.3) is 0 Å². The first-order chi connectivity index (χ1) is 25.4. The van der Waals surface area contributed by atoms with Crippen LogP contribution in [0.1, 0.15) is 194 Å². The number of unbranched alkanes of at least 4 members (excludes halogenated alkanes) is 22. The standard InChI is InChI=1S/C43H82NO7P/c1-3-5-7-9-11-13-15-17-18-19-20-21-22-23-25-27-29-31-33-35-38-48-40-42(41-50-52(46,47)49-39-37-44)51-43(45)36-34-32-30-28-26-24-16-14-12-10-8-6-4-2/h6,8,12,14,24,26,42H,3-5,7,9-11,13,15-23,25,27-41,44H2,1-2H3,(H,46,47)/b8-6-,14-12-,26-24-. The second-order valence-electron chi connectivity index (χ2n) is 14.2. The molecule has 0 aromatic rings. The highest BCUT2D eigenvalue weighted by molar-refractivity contribution is 7.47. The van der Waals surface area contributed by atoms with Gasteiger partial charge < -0.3 is 20.1 Å². The number of carbonyl (C=O) groups is 1. The third kappa shape index (κ3) is 39.9. The molecular weight excluding hydrogens is 673 g/mol. The number of nitrogens with two attached hydrogens (primary N) is 1. The Kier molecular flexibility index (Phi) is 39.9. The topological polar surface area (TPSA) is 117 Å². The Balaban J connectivity index is 3.99. The number of rotatable bonds is 41. The lowest BCUT2D eigenvalue weighted by Crippen LogP contribution is -2.28. The number of hydrogen-bond acceptors (Lipinski definition) is 7. The number of allylic oxidation sites excluding steroid dienone is 6. The molecule has 0 fully saturated rings. The fourth-order valence-electron chi connectivity index (χ4n) is 5.95. The largest absolute Gasteiger partial charge is 0.472 e. The fraction of sp³-hybridized carbons (Fsp3) is 0.837. The number of esters is 1. The van der Waals surface area contributed by atoms with Gasteiger partial charge in [-0.3, -0.25) is 13.8 Å². The zero-order valence-corrected chi connectivity index (χ0v) is 34.7. The molecule has 3 N–H and O–H groups in total. The predicted octanol–water partition coefficient (Wildman–Crippen LogP) is 12.6. The molecule has 0 heterocycles. The summed E-state index contributed by atoms with van der Waals surface area (Å²) < 4.78 is 33.4.